The van der Waals surface area contributed by atoms with Crippen molar-refractivity contribution in [1.82, 2.24) is 10.2 Å². The minimum atomic E-state index is -0.595. The lowest BCUT2D eigenvalue weighted by Crippen LogP contribution is -2.43. The first-order chi connectivity index (χ1) is 12.2. The van der Waals surface area contributed by atoms with Crippen LogP contribution in [0.15, 0.2) is 12.7 Å². The summed E-state index contributed by atoms with van der Waals surface area (Å²) in [6.07, 6.45) is 3.47. The molecule has 8 heteroatoms. The van der Waals surface area contributed by atoms with Gasteiger partial charge in [-0.1, -0.05) is 19.1 Å². The number of nitrogens with zero attached hydrogens (tertiary/aromatic N) is 1. The molecule has 0 heterocycles. The first-order valence-electron chi connectivity index (χ1n) is 8.90. The predicted molar refractivity (Wildman–Crippen MR) is 99.5 cm³/mol. The zero-order valence-corrected chi connectivity index (χ0v) is 16.2. The van der Waals surface area contributed by atoms with Crippen LogP contribution in [-0.2, 0) is 19.1 Å². The molecule has 0 radical (unpaired) electrons. The van der Waals surface area contributed by atoms with Crippen molar-refractivity contribution in [2.45, 2.75) is 52.1 Å². The summed E-state index contributed by atoms with van der Waals surface area (Å²) in [5.74, 6) is -0.488. The summed E-state index contributed by atoms with van der Waals surface area (Å²) in [6, 6.07) is 0. The van der Waals surface area contributed by atoms with E-state index in [1.807, 2.05) is 20.8 Å². The van der Waals surface area contributed by atoms with Crippen molar-refractivity contribution in [1.29, 1.82) is 0 Å². The monoisotopic (exact) mass is 371 g/mol. The number of hydrogen-bond acceptors (Lipinski definition) is 6. The molecule has 0 aromatic heterocycles. The molecule has 0 aromatic carbocycles. The molecule has 0 spiro atoms. The van der Waals surface area contributed by atoms with Crippen LogP contribution in [0.4, 0.5) is 4.79 Å². The summed E-state index contributed by atoms with van der Waals surface area (Å²) in [5.41, 5.74) is 4.99. The molecule has 0 aromatic rings. The number of rotatable bonds is 12. The Balaban J connectivity index is 3.94. The van der Waals surface area contributed by atoms with Gasteiger partial charge in [0, 0.05) is 26.1 Å². The number of carbonyl (C=O) groups is 3. The second kappa shape index (κ2) is 13.2. The van der Waals surface area contributed by atoms with E-state index in [1.54, 1.807) is 0 Å². The highest BCUT2D eigenvalue weighted by atomic mass is 16.6. The standard InChI is InChI=1S/C18H33N3O5/c1-5-13-25-17(24)21(12-10-19)14-15(22)20-11-8-6-7-9-16(23)26-18(2,3)4/h5H,1,6-14,19H2,2-4H3,(H,20,22). The molecule has 0 fully saturated rings. The van der Waals surface area contributed by atoms with Crippen LogP contribution in [-0.4, -0.2) is 61.3 Å². The zero-order chi connectivity index (χ0) is 20.0. The summed E-state index contributed by atoms with van der Waals surface area (Å²) < 4.78 is 10.1. The van der Waals surface area contributed by atoms with E-state index in [2.05, 4.69) is 11.9 Å². The number of esters is 1. The summed E-state index contributed by atoms with van der Waals surface area (Å²) in [7, 11) is 0. The van der Waals surface area contributed by atoms with Crippen LogP contribution in [0.2, 0.25) is 0 Å². The number of ether oxygens (including phenoxy) is 2. The van der Waals surface area contributed by atoms with Gasteiger partial charge in [-0.15, -0.1) is 0 Å². The average Bonchev–Trinajstić information content (AvgIpc) is 2.53. The normalized spacial score (nSPS) is 10.8. The summed E-state index contributed by atoms with van der Waals surface area (Å²) >= 11 is 0. The SMILES string of the molecule is C=CCOC(=O)N(CCN)CC(=O)NCCCCCC(=O)OC(C)(C)C. The van der Waals surface area contributed by atoms with E-state index < -0.39 is 11.7 Å². The number of nitrogens with two attached hydrogens (primary N) is 1. The number of unbranched alkanes of at least 4 members (excludes halogenated alkanes) is 2. The van der Waals surface area contributed by atoms with Crippen LogP contribution in [0.1, 0.15) is 46.5 Å². The third-order valence-electron chi connectivity index (χ3n) is 3.12. The topological polar surface area (TPSA) is 111 Å². The van der Waals surface area contributed by atoms with Gasteiger partial charge in [-0.05, 0) is 33.6 Å². The Hall–Kier alpha value is -2.09. The first kappa shape index (κ1) is 23.9. The molecular weight excluding hydrogens is 338 g/mol. The largest absolute Gasteiger partial charge is 0.460 e. The second-order valence-corrected chi connectivity index (χ2v) is 6.82. The zero-order valence-electron chi connectivity index (χ0n) is 16.2. The van der Waals surface area contributed by atoms with E-state index in [-0.39, 0.29) is 38.1 Å². The third kappa shape index (κ3) is 13.2. The maximum atomic E-state index is 11.9. The molecule has 0 aliphatic rings. The fourth-order valence-corrected chi connectivity index (χ4v) is 2.03. The predicted octanol–water partition coefficient (Wildman–Crippen LogP) is 1.59. The lowest BCUT2D eigenvalue weighted by atomic mass is 10.1. The van der Waals surface area contributed by atoms with E-state index >= 15 is 0 Å². The molecule has 26 heavy (non-hydrogen) atoms. The van der Waals surface area contributed by atoms with Crippen LogP contribution in [0.3, 0.4) is 0 Å². The van der Waals surface area contributed by atoms with Crippen molar-refractivity contribution < 1.29 is 23.9 Å². The Bertz CT molecular complexity index is 460. The molecule has 150 valence electrons. The van der Waals surface area contributed by atoms with Crippen LogP contribution in [0.5, 0.6) is 0 Å². The van der Waals surface area contributed by atoms with E-state index in [0.29, 0.717) is 19.4 Å². The van der Waals surface area contributed by atoms with E-state index in [4.69, 9.17) is 15.2 Å². The van der Waals surface area contributed by atoms with Gasteiger partial charge in [0.15, 0.2) is 0 Å². The van der Waals surface area contributed by atoms with Gasteiger partial charge >= 0.3 is 12.1 Å². The quantitative estimate of drug-likeness (QED) is 0.306. The van der Waals surface area contributed by atoms with Gasteiger partial charge in [0.25, 0.3) is 0 Å². The summed E-state index contributed by atoms with van der Waals surface area (Å²) in [5, 5.41) is 2.74. The molecule has 0 saturated heterocycles. The van der Waals surface area contributed by atoms with Crippen LogP contribution < -0.4 is 11.1 Å². The van der Waals surface area contributed by atoms with E-state index in [1.165, 1.54) is 11.0 Å². The number of carbonyl (C=O) groups excluding carboxylic acids is 3. The van der Waals surface area contributed by atoms with E-state index in [0.717, 1.165) is 12.8 Å². The van der Waals surface area contributed by atoms with Gasteiger partial charge in [-0.3, -0.25) is 14.5 Å². The Morgan fingerprint density at radius 2 is 1.88 bits per heavy atom. The second-order valence-electron chi connectivity index (χ2n) is 6.82. The van der Waals surface area contributed by atoms with Gasteiger partial charge in [-0.25, -0.2) is 4.79 Å². The van der Waals surface area contributed by atoms with Crippen molar-refractivity contribution in [2.24, 2.45) is 5.73 Å². The maximum Gasteiger partial charge on any atom is 0.410 e. The maximum absolute atomic E-state index is 11.9. The Kier molecular flexibility index (Phi) is 12.1. The minimum absolute atomic E-state index is 0.0825. The Labute approximate surface area is 156 Å². The highest BCUT2D eigenvalue weighted by Gasteiger charge is 2.17. The molecule has 0 aliphatic carbocycles. The lowest BCUT2D eigenvalue weighted by Gasteiger charge is -2.20. The summed E-state index contributed by atoms with van der Waals surface area (Å²) in [4.78, 5) is 36.5. The van der Waals surface area contributed by atoms with Crippen molar-refractivity contribution in [3.63, 3.8) is 0 Å². The van der Waals surface area contributed by atoms with Crippen LogP contribution >= 0.6 is 0 Å². The average molecular weight is 371 g/mol. The third-order valence-corrected chi connectivity index (χ3v) is 3.12. The first-order valence-corrected chi connectivity index (χ1v) is 8.90. The molecule has 8 nitrogen and oxygen atoms in total. The molecule has 0 unspecified atom stereocenters. The molecular formula is C18H33N3O5. The van der Waals surface area contributed by atoms with Crippen molar-refractivity contribution in [2.75, 3.05) is 32.8 Å². The molecule has 2 amide bonds. The fourth-order valence-electron chi connectivity index (χ4n) is 2.03. The van der Waals surface area contributed by atoms with Crippen molar-refractivity contribution in [3.05, 3.63) is 12.7 Å². The lowest BCUT2D eigenvalue weighted by molar-refractivity contribution is -0.154. The molecule has 3 N–H and O–H groups in total. The Morgan fingerprint density at radius 3 is 2.46 bits per heavy atom. The summed E-state index contributed by atoms with van der Waals surface area (Å²) in [6.45, 7) is 9.89. The number of nitrogens with one attached hydrogen (secondary N) is 1. The van der Waals surface area contributed by atoms with Gasteiger partial charge in [-0.2, -0.15) is 0 Å². The van der Waals surface area contributed by atoms with Crippen LogP contribution in [0.25, 0.3) is 0 Å². The number of amides is 2. The van der Waals surface area contributed by atoms with Gasteiger partial charge in [0.1, 0.15) is 18.8 Å². The molecule has 0 aliphatic heterocycles. The van der Waals surface area contributed by atoms with Gasteiger partial charge in [0.2, 0.25) is 5.91 Å². The van der Waals surface area contributed by atoms with Gasteiger partial charge < -0.3 is 20.5 Å². The minimum Gasteiger partial charge on any atom is -0.460 e. The highest BCUT2D eigenvalue weighted by molar-refractivity contribution is 5.82. The molecule has 0 saturated carbocycles. The van der Waals surface area contributed by atoms with Crippen LogP contribution in [0, 0.1) is 0 Å². The molecule has 0 atom stereocenters. The van der Waals surface area contributed by atoms with E-state index in [9.17, 15) is 14.4 Å². The number of hydrogen-bond donors (Lipinski definition) is 2. The Morgan fingerprint density at radius 1 is 1.19 bits per heavy atom. The molecule has 0 bridgehead atoms. The smallest absolute Gasteiger partial charge is 0.410 e. The van der Waals surface area contributed by atoms with Crippen molar-refractivity contribution in [3.8, 4) is 0 Å². The molecule has 0 rings (SSSR count). The fraction of sp³-hybridized carbons (Fsp3) is 0.722. The van der Waals surface area contributed by atoms with Crippen molar-refractivity contribution >= 4 is 18.0 Å². The highest BCUT2D eigenvalue weighted by Crippen LogP contribution is 2.10. The van der Waals surface area contributed by atoms with Gasteiger partial charge in [0.05, 0.1) is 0 Å².